The van der Waals surface area contributed by atoms with E-state index in [1.807, 2.05) is 27.7 Å². The monoisotopic (exact) mass is 389 g/mol. The number of ketones is 1. The number of Topliss-reactive ketones (excluding diaryl/α,β-unsaturated/α-hetero) is 1. The topological polar surface area (TPSA) is 112 Å². The van der Waals surface area contributed by atoms with Crippen molar-refractivity contribution in [3.05, 3.63) is 52.6 Å². The first-order valence-corrected chi connectivity index (χ1v) is 8.70. The van der Waals surface area contributed by atoms with Gasteiger partial charge in [-0.1, -0.05) is 27.7 Å². The molecule has 0 atom stereocenters. The number of carbonyl (C=O) groups is 3. The minimum absolute atomic E-state index is 0.0856. The molecule has 8 heteroatoms. The van der Waals surface area contributed by atoms with Gasteiger partial charge in [0.25, 0.3) is 11.7 Å². The molecule has 0 radical (unpaired) electrons. The molecular weight excluding hydrogens is 365 g/mol. The predicted molar refractivity (Wildman–Crippen MR) is 104 cm³/mol. The number of benzene rings is 1. The minimum atomic E-state index is -1.62. The number of halogens is 1. The van der Waals surface area contributed by atoms with Crippen molar-refractivity contribution in [1.82, 2.24) is 4.57 Å². The van der Waals surface area contributed by atoms with Crippen LogP contribution >= 0.6 is 0 Å². The quantitative estimate of drug-likeness (QED) is 0.608. The molecule has 28 heavy (non-hydrogen) atoms. The van der Waals surface area contributed by atoms with Crippen LogP contribution in [0.3, 0.4) is 0 Å². The maximum Gasteiger partial charge on any atom is 0.377 e. The Balaban J connectivity index is 0.00000171. The van der Waals surface area contributed by atoms with E-state index in [1.54, 1.807) is 6.07 Å². The van der Waals surface area contributed by atoms with Crippen LogP contribution < -0.4 is 5.32 Å². The average Bonchev–Trinajstić information content (AvgIpc) is 2.99. The standard InChI is InChI=1S/C16H12FN3O4.2C2H6/c1-8-11(14(21)16(23)24)7-20(2)13(8)15(22)19-10-3-4-12(17)9(5-10)6-18;2*1-2/h3-5,7H,1-2H3,(H,19,22)(H,23,24);2*1-2H3. The fraction of sp³-hybridized carbons (Fsp3) is 0.300. The summed E-state index contributed by atoms with van der Waals surface area (Å²) in [5.74, 6) is -4.06. The molecule has 0 saturated carbocycles. The summed E-state index contributed by atoms with van der Waals surface area (Å²) in [7, 11) is 1.49. The number of nitrogens with zero attached hydrogens (tertiary/aromatic N) is 2. The Hall–Kier alpha value is -3.47. The maximum atomic E-state index is 13.3. The Bertz CT molecular complexity index is 911. The lowest BCUT2D eigenvalue weighted by Crippen LogP contribution is -2.17. The van der Waals surface area contributed by atoms with Crippen LogP contribution in [0.1, 0.15) is 59.7 Å². The normalized spacial score (nSPS) is 9.07. The van der Waals surface area contributed by atoms with Gasteiger partial charge < -0.3 is 15.0 Å². The highest BCUT2D eigenvalue weighted by Crippen LogP contribution is 2.20. The Morgan fingerprint density at radius 1 is 1.18 bits per heavy atom. The molecule has 0 aliphatic rings. The zero-order valence-corrected chi connectivity index (χ0v) is 16.8. The number of carboxylic acid groups (broad SMARTS) is 1. The molecule has 0 fully saturated rings. The molecule has 150 valence electrons. The van der Waals surface area contributed by atoms with Crippen LogP contribution in [0, 0.1) is 24.1 Å². The Labute approximate surface area is 163 Å². The van der Waals surface area contributed by atoms with Gasteiger partial charge in [0, 0.05) is 18.9 Å². The molecule has 0 saturated heterocycles. The summed E-state index contributed by atoms with van der Waals surface area (Å²) >= 11 is 0. The smallest absolute Gasteiger partial charge is 0.377 e. The summed E-state index contributed by atoms with van der Waals surface area (Å²) in [6, 6.07) is 5.17. The Kier molecular flexibility index (Phi) is 9.89. The molecule has 0 aliphatic heterocycles. The molecule has 0 aliphatic carbocycles. The van der Waals surface area contributed by atoms with Crippen LogP contribution in [0.25, 0.3) is 0 Å². The van der Waals surface area contributed by atoms with E-state index in [-0.39, 0.29) is 28.1 Å². The van der Waals surface area contributed by atoms with Crippen molar-refractivity contribution in [3.8, 4) is 6.07 Å². The van der Waals surface area contributed by atoms with Crippen molar-refractivity contribution in [2.24, 2.45) is 7.05 Å². The lowest BCUT2D eigenvalue weighted by atomic mass is 10.1. The molecule has 0 bridgehead atoms. The Morgan fingerprint density at radius 3 is 2.25 bits per heavy atom. The first-order valence-electron chi connectivity index (χ1n) is 8.70. The van der Waals surface area contributed by atoms with Crippen molar-refractivity contribution in [2.45, 2.75) is 34.6 Å². The molecule has 2 N–H and O–H groups in total. The highest BCUT2D eigenvalue weighted by Gasteiger charge is 2.25. The molecule has 1 aromatic heterocycles. The average molecular weight is 389 g/mol. The second-order valence-electron chi connectivity index (χ2n) is 5.02. The molecule has 0 spiro atoms. The second kappa shape index (κ2) is 11.3. The molecule has 1 amide bonds. The lowest BCUT2D eigenvalue weighted by Gasteiger charge is -2.08. The summed E-state index contributed by atoms with van der Waals surface area (Å²) in [5.41, 5.74) is 0.183. The van der Waals surface area contributed by atoms with Crippen LogP contribution in [0.15, 0.2) is 24.4 Å². The van der Waals surface area contributed by atoms with E-state index in [9.17, 15) is 18.8 Å². The molecule has 0 unspecified atom stereocenters. The number of anilines is 1. The van der Waals surface area contributed by atoms with Gasteiger partial charge in [-0.05, 0) is 30.7 Å². The van der Waals surface area contributed by atoms with Crippen LogP contribution in [0.4, 0.5) is 10.1 Å². The van der Waals surface area contributed by atoms with Crippen LogP contribution in [-0.4, -0.2) is 27.3 Å². The van der Waals surface area contributed by atoms with Crippen molar-refractivity contribution in [3.63, 3.8) is 0 Å². The number of carboxylic acids is 1. The van der Waals surface area contributed by atoms with Crippen molar-refractivity contribution >= 4 is 23.3 Å². The van der Waals surface area contributed by atoms with Gasteiger partial charge in [0.2, 0.25) is 0 Å². The fourth-order valence-electron chi connectivity index (χ4n) is 2.30. The number of rotatable bonds is 4. The highest BCUT2D eigenvalue weighted by molar-refractivity contribution is 6.40. The highest BCUT2D eigenvalue weighted by atomic mass is 19.1. The molecular formula is C20H24FN3O4. The van der Waals surface area contributed by atoms with Crippen molar-refractivity contribution in [1.29, 1.82) is 5.26 Å². The molecule has 1 aromatic carbocycles. The third kappa shape index (κ3) is 5.51. The van der Waals surface area contributed by atoms with E-state index in [4.69, 9.17) is 10.4 Å². The van der Waals surface area contributed by atoms with E-state index >= 15 is 0 Å². The van der Waals surface area contributed by atoms with Gasteiger partial charge in [0.1, 0.15) is 17.6 Å². The van der Waals surface area contributed by atoms with Crippen LogP contribution in [-0.2, 0) is 11.8 Å². The van der Waals surface area contributed by atoms with Gasteiger partial charge >= 0.3 is 5.97 Å². The van der Waals surface area contributed by atoms with Crippen LogP contribution in [0.2, 0.25) is 0 Å². The number of amides is 1. The number of aromatic nitrogens is 1. The summed E-state index contributed by atoms with van der Waals surface area (Å²) in [5, 5.41) is 20.1. The third-order valence-electron chi connectivity index (χ3n) is 3.43. The Morgan fingerprint density at radius 2 is 1.75 bits per heavy atom. The predicted octanol–water partition coefficient (Wildman–Crippen LogP) is 3.92. The zero-order chi connectivity index (χ0) is 22.0. The number of nitrogens with one attached hydrogen (secondary N) is 1. The second-order valence-corrected chi connectivity index (χ2v) is 5.02. The van der Waals surface area contributed by atoms with Crippen LogP contribution in [0.5, 0.6) is 0 Å². The van der Waals surface area contributed by atoms with E-state index in [0.29, 0.717) is 0 Å². The van der Waals surface area contributed by atoms with Gasteiger partial charge in [0.05, 0.1) is 11.1 Å². The van der Waals surface area contributed by atoms with E-state index in [2.05, 4.69) is 5.32 Å². The minimum Gasteiger partial charge on any atom is -0.475 e. The number of aliphatic carboxylic acids is 1. The van der Waals surface area contributed by atoms with Crippen molar-refractivity contribution in [2.75, 3.05) is 5.32 Å². The number of hydrogen-bond acceptors (Lipinski definition) is 4. The first kappa shape index (κ1) is 24.5. The van der Waals surface area contributed by atoms with Gasteiger partial charge in [-0.25, -0.2) is 9.18 Å². The molecule has 2 aromatic rings. The van der Waals surface area contributed by atoms with E-state index in [0.717, 1.165) is 6.07 Å². The summed E-state index contributed by atoms with van der Waals surface area (Å²) in [4.78, 5) is 34.8. The van der Waals surface area contributed by atoms with E-state index < -0.39 is 23.5 Å². The largest absolute Gasteiger partial charge is 0.475 e. The van der Waals surface area contributed by atoms with E-state index in [1.165, 1.54) is 36.9 Å². The number of nitriles is 1. The SMILES string of the molecule is CC.CC.Cc1c(C(=O)C(=O)O)cn(C)c1C(=O)Nc1ccc(F)c(C#N)c1. The van der Waals surface area contributed by atoms with Gasteiger partial charge in [-0.15, -0.1) is 0 Å². The summed E-state index contributed by atoms with van der Waals surface area (Å²) < 4.78 is 14.6. The molecule has 2 rings (SSSR count). The number of hydrogen-bond donors (Lipinski definition) is 2. The van der Waals surface area contributed by atoms with Gasteiger partial charge in [-0.2, -0.15) is 5.26 Å². The zero-order valence-electron chi connectivity index (χ0n) is 16.8. The summed E-state index contributed by atoms with van der Waals surface area (Å²) in [6.07, 6.45) is 1.26. The molecule has 7 nitrogen and oxygen atoms in total. The summed E-state index contributed by atoms with van der Waals surface area (Å²) in [6.45, 7) is 9.45. The maximum absolute atomic E-state index is 13.3. The van der Waals surface area contributed by atoms with Gasteiger partial charge in [-0.3, -0.25) is 9.59 Å². The first-order chi connectivity index (χ1) is 13.3. The van der Waals surface area contributed by atoms with Gasteiger partial charge in [0.15, 0.2) is 0 Å². The molecule has 1 heterocycles. The number of aryl methyl sites for hydroxylation is 1. The fourth-order valence-corrected chi connectivity index (χ4v) is 2.30. The van der Waals surface area contributed by atoms with Crippen molar-refractivity contribution < 1.29 is 23.9 Å². The lowest BCUT2D eigenvalue weighted by molar-refractivity contribution is -0.131. The third-order valence-corrected chi connectivity index (χ3v) is 3.43. The number of carbonyl (C=O) groups excluding carboxylic acids is 2.